The van der Waals surface area contributed by atoms with E-state index < -0.39 is 0 Å². The van der Waals surface area contributed by atoms with E-state index in [2.05, 4.69) is 26.8 Å². The van der Waals surface area contributed by atoms with Crippen LogP contribution in [0.5, 0.6) is 0 Å². The molecule has 0 bridgehead atoms. The van der Waals surface area contributed by atoms with Crippen LogP contribution in [0.4, 0.5) is 16.3 Å². The van der Waals surface area contributed by atoms with Gasteiger partial charge >= 0.3 is 0 Å². The molecule has 0 aliphatic carbocycles. The van der Waals surface area contributed by atoms with Gasteiger partial charge in [0.15, 0.2) is 5.82 Å². The number of aliphatic hydroxyl groups is 1. The Hall–Kier alpha value is -3.14. The number of piperidine rings is 1. The fourth-order valence-corrected chi connectivity index (χ4v) is 5.74. The normalized spacial score (nSPS) is 21.2. The topological polar surface area (TPSA) is 77.9 Å². The molecule has 0 radical (unpaired) electrons. The lowest BCUT2D eigenvalue weighted by molar-refractivity contribution is 0.0114. The highest BCUT2D eigenvalue weighted by Gasteiger charge is 2.31. The molecule has 2 fully saturated rings. The van der Waals surface area contributed by atoms with E-state index in [1.165, 1.54) is 23.3 Å². The third kappa shape index (κ3) is 5.16. The number of hydrogen-bond acceptors (Lipinski definition) is 8. The molecule has 0 spiro atoms. The number of aromatic nitrogens is 3. The Kier molecular flexibility index (Phi) is 6.99. The first-order valence-electron chi connectivity index (χ1n) is 13.2. The maximum atomic E-state index is 14.1. The quantitative estimate of drug-likeness (QED) is 0.569. The van der Waals surface area contributed by atoms with Gasteiger partial charge in [-0.15, -0.1) is 0 Å². The fraction of sp³-hybridized carbons (Fsp3) is 0.464. The van der Waals surface area contributed by atoms with Crippen molar-refractivity contribution in [3.8, 4) is 11.4 Å². The van der Waals surface area contributed by atoms with E-state index in [1.54, 1.807) is 6.07 Å². The number of fused-ring (bicyclic) bond motifs is 1. The smallest absolute Gasteiger partial charge is 0.231 e. The summed E-state index contributed by atoms with van der Waals surface area (Å²) >= 11 is 0. The number of ether oxygens (including phenoxy) is 1. The summed E-state index contributed by atoms with van der Waals surface area (Å²) in [6.45, 7) is 5.88. The van der Waals surface area contributed by atoms with Crippen molar-refractivity contribution in [2.75, 3.05) is 55.8 Å². The zero-order chi connectivity index (χ0) is 25.2. The molecule has 0 unspecified atom stereocenters. The van der Waals surface area contributed by atoms with Crippen LogP contribution in [0, 0.1) is 5.82 Å². The highest BCUT2D eigenvalue weighted by Crippen LogP contribution is 2.30. The van der Waals surface area contributed by atoms with Gasteiger partial charge in [-0.25, -0.2) is 4.39 Å². The SMILES string of the molecule is OC[C@H]1Cc2ccccc2CN1c1nc(-c2cccc(F)c2)nc(N2CCC(N3CCOCC3)CC2)n1. The van der Waals surface area contributed by atoms with Gasteiger partial charge in [0.1, 0.15) is 5.82 Å². The van der Waals surface area contributed by atoms with E-state index in [9.17, 15) is 9.50 Å². The molecule has 1 atom stereocenters. The standard InChI is InChI=1S/C28H33FN6O2/c29-23-7-3-6-21(16-23)26-30-27(34-10-8-24(9-11-34)33-12-14-37-15-13-33)32-28(31-26)35-18-22-5-2-1-4-20(22)17-25(35)19-36/h1-7,16,24-25,36H,8-15,17-19H2/t25-/m1/s1. The number of morpholine rings is 1. The van der Waals surface area contributed by atoms with Gasteiger partial charge in [-0.3, -0.25) is 4.90 Å². The number of nitrogens with zero attached hydrogens (tertiary/aromatic N) is 6. The van der Waals surface area contributed by atoms with Crippen molar-refractivity contribution in [1.82, 2.24) is 19.9 Å². The Morgan fingerprint density at radius 2 is 1.65 bits per heavy atom. The van der Waals surface area contributed by atoms with Crippen LogP contribution < -0.4 is 9.80 Å². The lowest BCUT2D eigenvalue weighted by Crippen LogP contribution is -2.49. The monoisotopic (exact) mass is 504 g/mol. The van der Waals surface area contributed by atoms with E-state index >= 15 is 0 Å². The molecule has 3 aliphatic rings. The largest absolute Gasteiger partial charge is 0.394 e. The maximum Gasteiger partial charge on any atom is 0.231 e. The lowest BCUT2D eigenvalue weighted by atomic mass is 9.94. The van der Waals surface area contributed by atoms with Gasteiger partial charge in [0.05, 0.1) is 25.9 Å². The van der Waals surface area contributed by atoms with Crippen molar-refractivity contribution in [2.45, 2.75) is 37.9 Å². The maximum absolute atomic E-state index is 14.1. The average Bonchev–Trinajstić information content (AvgIpc) is 2.97. The zero-order valence-electron chi connectivity index (χ0n) is 21.0. The van der Waals surface area contributed by atoms with Crippen molar-refractivity contribution in [3.63, 3.8) is 0 Å². The Morgan fingerprint density at radius 3 is 2.41 bits per heavy atom. The van der Waals surface area contributed by atoms with Crippen molar-refractivity contribution in [3.05, 3.63) is 65.5 Å². The van der Waals surface area contributed by atoms with Crippen LogP contribution in [0.2, 0.25) is 0 Å². The molecule has 0 saturated carbocycles. The molecule has 4 heterocycles. The third-order valence-corrected chi connectivity index (χ3v) is 7.83. The summed E-state index contributed by atoms with van der Waals surface area (Å²) in [5.41, 5.74) is 3.06. The van der Waals surface area contributed by atoms with Crippen molar-refractivity contribution < 1.29 is 14.2 Å². The number of benzene rings is 2. The number of anilines is 2. The summed E-state index contributed by atoms with van der Waals surface area (Å²) in [5, 5.41) is 10.3. The van der Waals surface area contributed by atoms with Crippen LogP contribution in [0.3, 0.4) is 0 Å². The number of aliphatic hydroxyl groups excluding tert-OH is 1. The van der Waals surface area contributed by atoms with Crippen LogP contribution in [0.1, 0.15) is 24.0 Å². The Labute approximate surface area is 216 Å². The summed E-state index contributed by atoms with van der Waals surface area (Å²) in [6.07, 6.45) is 2.78. The molecule has 194 valence electrons. The fourth-order valence-electron chi connectivity index (χ4n) is 5.74. The summed E-state index contributed by atoms with van der Waals surface area (Å²) in [6, 6.07) is 15.1. The first kappa shape index (κ1) is 24.2. The average molecular weight is 505 g/mol. The van der Waals surface area contributed by atoms with E-state index in [1.807, 2.05) is 18.2 Å². The minimum Gasteiger partial charge on any atom is -0.394 e. The zero-order valence-corrected chi connectivity index (χ0v) is 21.0. The molecular weight excluding hydrogens is 471 g/mol. The van der Waals surface area contributed by atoms with Crippen LogP contribution >= 0.6 is 0 Å². The second-order valence-corrected chi connectivity index (χ2v) is 10.1. The van der Waals surface area contributed by atoms with Crippen LogP contribution in [0.15, 0.2) is 48.5 Å². The molecule has 6 rings (SSSR count). The van der Waals surface area contributed by atoms with Gasteiger partial charge in [-0.05, 0) is 42.5 Å². The van der Waals surface area contributed by atoms with E-state index in [4.69, 9.17) is 19.7 Å². The summed E-state index contributed by atoms with van der Waals surface area (Å²) in [5.74, 6) is 1.26. The number of halogens is 1. The van der Waals surface area contributed by atoms with E-state index in [0.717, 1.165) is 52.2 Å². The number of rotatable bonds is 5. The summed E-state index contributed by atoms with van der Waals surface area (Å²) in [4.78, 5) is 21.4. The highest BCUT2D eigenvalue weighted by molar-refractivity contribution is 5.59. The lowest BCUT2D eigenvalue weighted by Gasteiger charge is -2.40. The Morgan fingerprint density at radius 1 is 0.892 bits per heavy atom. The molecule has 9 heteroatoms. The predicted octanol–water partition coefficient (Wildman–Crippen LogP) is 2.90. The molecule has 37 heavy (non-hydrogen) atoms. The molecule has 1 aromatic heterocycles. The van der Waals surface area contributed by atoms with Crippen LogP contribution in [-0.2, 0) is 17.7 Å². The Bertz CT molecular complexity index is 1230. The van der Waals surface area contributed by atoms with Gasteiger partial charge in [-0.1, -0.05) is 36.4 Å². The van der Waals surface area contributed by atoms with E-state index in [-0.39, 0.29) is 18.5 Å². The van der Waals surface area contributed by atoms with Crippen molar-refractivity contribution >= 4 is 11.9 Å². The first-order valence-corrected chi connectivity index (χ1v) is 13.2. The van der Waals surface area contributed by atoms with Gasteiger partial charge in [0, 0.05) is 44.3 Å². The van der Waals surface area contributed by atoms with Gasteiger partial charge in [0.25, 0.3) is 0 Å². The minimum atomic E-state index is -0.326. The molecule has 2 aromatic carbocycles. The highest BCUT2D eigenvalue weighted by atomic mass is 19.1. The predicted molar refractivity (Wildman–Crippen MR) is 140 cm³/mol. The molecule has 8 nitrogen and oxygen atoms in total. The summed E-state index contributed by atoms with van der Waals surface area (Å²) in [7, 11) is 0. The first-order chi connectivity index (χ1) is 18.2. The Balaban J connectivity index is 1.32. The minimum absolute atomic E-state index is 0.00437. The molecule has 0 amide bonds. The van der Waals surface area contributed by atoms with Crippen molar-refractivity contribution in [1.29, 1.82) is 0 Å². The van der Waals surface area contributed by atoms with Gasteiger partial charge in [-0.2, -0.15) is 15.0 Å². The molecule has 2 saturated heterocycles. The van der Waals surface area contributed by atoms with Crippen molar-refractivity contribution in [2.24, 2.45) is 0 Å². The molecular formula is C28H33FN6O2. The van der Waals surface area contributed by atoms with Gasteiger partial charge < -0.3 is 19.6 Å². The molecule has 3 aliphatic heterocycles. The van der Waals surface area contributed by atoms with Crippen LogP contribution in [0.25, 0.3) is 11.4 Å². The third-order valence-electron chi connectivity index (χ3n) is 7.83. The molecule has 3 aromatic rings. The summed E-state index contributed by atoms with van der Waals surface area (Å²) < 4.78 is 19.7. The molecule has 1 N–H and O–H groups in total. The van der Waals surface area contributed by atoms with E-state index in [0.29, 0.717) is 42.3 Å². The van der Waals surface area contributed by atoms with Gasteiger partial charge in [0.2, 0.25) is 11.9 Å². The second kappa shape index (κ2) is 10.7. The second-order valence-electron chi connectivity index (χ2n) is 10.1. The van der Waals surface area contributed by atoms with Crippen LogP contribution in [-0.4, -0.2) is 83.0 Å². The number of hydrogen-bond donors (Lipinski definition) is 1.